The maximum Gasteiger partial charge on any atom is 0.207 e. The van der Waals surface area contributed by atoms with Crippen LogP contribution >= 0.6 is 0 Å². The van der Waals surface area contributed by atoms with Crippen molar-refractivity contribution in [2.24, 2.45) is 5.73 Å². The van der Waals surface area contributed by atoms with E-state index in [9.17, 15) is 0 Å². The number of rotatable bonds is 4. The molecule has 1 aromatic carbocycles. The predicted molar refractivity (Wildman–Crippen MR) is 69.7 cm³/mol. The van der Waals surface area contributed by atoms with Gasteiger partial charge in [0, 0.05) is 5.56 Å². The standard InChI is InChI=1S/C14H21NO3/c1-10(2)12-8-11(4-5-13(12)16-3)14(9-15)17-6-7-18-14/h4-5,8,10H,6-7,9,15H2,1-3H3. The molecule has 0 atom stereocenters. The van der Waals surface area contributed by atoms with Crippen LogP contribution in [0.3, 0.4) is 0 Å². The molecule has 0 bridgehead atoms. The van der Waals surface area contributed by atoms with Gasteiger partial charge in [0.15, 0.2) is 0 Å². The lowest BCUT2D eigenvalue weighted by Gasteiger charge is -2.27. The predicted octanol–water partition coefficient (Wildman–Crippen LogP) is 1.98. The van der Waals surface area contributed by atoms with Gasteiger partial charge in [-0.05, 0) is 29.7 Å². The van der Waals surface area contributed by atoms with Crippen molar-refractivity contribution in [3.63, 3.8) is 0 Å². The monoisotopic (exact) mass is 251 g/mol. The average Bonchev–Trinajstić information content (AvgIpc) is 2.87. The number of benzene rings is 1. The summed E-state index contributed by atoms with van der Waals surface area (Å²) in [5.74, 6) is 0.477. The molecule has 0 aromatic heterocycles. The molecule has 1 heterocycles. The molecule has 0 amide bonds. The highest BCUT2D eigenvalue weighted by Gasteiger charge is 2.37. The number of nitrogens with two attached hydrogens (primary N) is 1. The topological polar surface area (TPSA) is 53.7 Å². The van der Waals surface area contributed by atoms with Crippen LogP contribution in [0, 0.1) is 0 Å². The van der Waals surface area contributed by atoms with Crippen molar-refractivity contribution in [2.75, 3.05) is 26.9 Å². The summed E-state index contributed by atoms with van der Waals surface area (Å²) in [7, 11) is 1.68. The van der Waals surface area contributed by atoms with E-state index in [1.165, 1.54) is 0 Å². The fraction of sp³-hybridized carbons (Fsp3) is 0.571. The van der Waals surface area contributed by atoms with Gasteiger partial charge in [0.05, 0.1) is 26.9 Å². The molecular weight excluding hydrogens is 230 g/mol. The summed E-state index contributed by atoms with van der Waals surface area (Å²) in [5, 5.41) is 0. The third kappa shape index (κ3) is 2.23. The lowest BCUT2D eigenvalue weighted by Crippen LogP contribution is -2.36. The summed E-state index contributed by atoms with van der Waals surface area (Å²) < 4.78 is 16.8. The highest BCUT2D eigenvalue weighted by atomic mass is 16.7. The van der Waals surface area contributed by atoms with Crippen molar-refractivity contribution >= 4 is 0 Å². The molecule has 0 saturated carbocycles. The van der Waals surface area contributed by atoms with Crippen LogP contribution in [0.4, 0.5) is 0 Å². The first-order valence-electron chi connectivity index (χ1n) is 6.29. The molecule has 1 aromatic rings. The molecule has 2 N–H and O–H groups in total. The molecule has 0 unspecified atom stereocenters. The second kappa shape index (κ2) is 5.26. The van der Waals surface area contributed by atoms with E-state index in [1.807, 2.05) is 12.1 Å². The molecule has 0 radical (unpaired) electrons. The third-order valence-corrected chi connectivity index (χ3v) is 3.31. The minimum absolute atomic E-state index is 0.316. The van der Waals surface area contributed by atoms with E-state index in [-0.39, 0.29) is 0 Å². The number of methoxy groups -OCH3 is 1. The van der Waals surface area contributed by atoms with Gasteiger partial charge in [-0.3, -0.25) is 0 Å². The first-order valence-corrected chi connectivity index (χ1v) is 6.29. The van der Waals surface area contributed by atoms with Crippen LogP contribution in [0.1, 0.15) is 30.9 Å². The van der Waals surface area contributed by atoms with Gasteiger partial charge >= 0.3 is 0 Å². The summed E-state index contributed by atoms with van der Waals surface area (Å²) in [5.41, 5.74) is 7.92. The van der Waals surface area contributed by atoms with Crippen molar-refractivity contribution in [1.29, 1.82) is 0 Å². The molecule has 0 spiro atoms. The molecule has 1 aliphatic heterocycles. The molecule has 4 heteroatoms. The molecule has 18 heavy (non-hydrogen) atoms. The molecule has 100 valence electrons. The van der Waals surface area contributed by atoms with Gasteiger partial charge in [-0.15, -0.1) is 0 Å². The van der Waals surface area contributed by atoms with Crippen molar-refractivity contribution in [3.8, 4) is 5.75 Å². The Balaban J connectivity index is 2.42. The Morgan fingerprint density at radius 2 is 2.00 bits per heavy atom. The van der Waals surface area contributed by atoms with Gasteiger partial charge < -0.3 is 19.9 Å². The fourth-order valence-corrected chi connectivity index (χ4v) is 2.28. The molecule has 2 rings (SSSR count). The Kier molecular flexibility index (Phi) is 3.90. The molecular formula is C14H21NO3. The van der Waals surface area contributed by atoms with Crippen molar-refractivity contribution in [1.82, 2.24) is 0 Å². The Morgan fingerprint density at radius 1 is 1.33 bits per heavy atom. The lowest BCUT2D eigenvalue weighted by molar-refractivity contribution is -0.157. The summed E-state index contributed by atoms with van der Waals surface area (Å²) in [6.45, 7) is 5.75. The fourth-order valence-electron chi connectivity index (χ4n) is 2.28. The molecule has 1 saturated heterocycles. The number of ether oxygens (including phenoxy) is 3. The zero-order valence-electron chi connectivity index (χ0n) is 11.2. The zero-order valence-corrected chi connectivity index (χ0v) is 11.2. The molecule has 1 fully saturated rings. The van der Waals surface area contributed by atoms with Crippen LogP contribution in [-0.2, 0) is 15.3 Å². The van der Waals surface area contributed by atoms with E-state index >= 15 is 0 Å². The maximum atomic E-state index is 5.82. The summed E-state index contributed by atoms with van der Waals surface area (Å²) in [6, 6.07) is 5.98. The van der Waals surface area contributed by atoms with Crippen LogP contribution < -0.4 is 10.5 Å². The Bertz CT molecular complexity index is 412. The van der Waals surface area contributed by atoms with Crippen molar-refractivity contribution < 1.29 is 14.2 Å². The highest BCUT2D eigenvalue weighted by Crippen LogP contribution is 2.35. The number of hydrogen-bond donors (Lipinski definition) is 1. The summed E-state index contributed by atoms with van der Waals surface area (Å²) in [6.07, 6.45) is 0. The van der Waals surface area contributed by atoms with Crippen molar-refractivity contribution in [2.45, 2.75) is 25.6 Å². The lowest BCUT2D eigenvalue weighted by atomic mass is 9.96. The second-order valence-corrected chi connectivity index (χ2v) is 4.77. The van der Waals surface area contributed by atoms with Crippen LogP contribution in [0.15, 0.2) is 18.2 Å². The SMILES string of the molecule is COc1ccc(C2(CN)OCCO2)cc1C(C)C. The first kappa shape index (κ1) is 13.3. The van der Waals surface area contributed by atoms with E-state index in [0.717, 1.165) is 16.9 Å². The van der Waals surface area contributed by atoms with Crippen molar-refractivity contribution in [3.05, 3.63) is 29.3 Å². The van der Waals surface area contributed by atoms with Gasteiger partial charge in [0.25, 0.3) is 0 Å². The Labute approximate surface area is 108 Å². The molecule has 4 nitrogen and oxygen atoms in total. The minimum atomic E-state index is -0.782. The normalized spacial score (nSPS) is 18.3. The summed E-state index contributed by atoms with van der Waals surface area (Å²) in [4.78, 5) is 0. The smallest absolute Gasteiger partial charge is 0.207 e. The average molecular weight is 251 g/mol. The van der Waals surface area contributed by atoms with Gasteiger partial charge in [-0.25, -0.2) is 0 Å². The van der Waals surface area contributed by atoms with Crippen LogP contribution in [-0.4, -0.2) is 26.9 Å². The van der Waals surface area contributed by atoms with Crippen LogP contribution in [0.5, 0.6) is 5.75 Å². The van der Waals surface area contributed by atoms with Gasteiger partial charge in [0.2, 0.25) is 5.79 Å². The minimum Gasteiger partial charge on any atom is -0.496 e. The van der Waals surface area contributed by atoms with E-state index in [2.05, 4.69) is 19.9 Å². The van der Waals surface area contributed by atoms with Gasteiger partial charge in [0.1, 0.15) is 5.75 Å². The second-order valence-electron chi connectivity index (χ2n) is 4.77. The van der Waals surface area contributed by atoms with Gasteiger partial charge in [-0.1, -0.05) is 13.8 Å². The molecule has 1 aliphatic rings. The maximum absolute atomic E-state index is 5.82. The quantitative estimate of drug-likeness (QED) is 0.889. The van der Waals surface area contributed by atoms with E-state index < -0.39 is 5.79 Å². The largest absolute Gasteiger partial charge is 0.496 e. The first-order chi connectivity index (χ1) is 8.63. The summed E-state index contributed by atoms with van der Waals surface area (Å²) >= 11 is 0. The van der Waals surface area contributed by atoms with Gasteiger partial charge in [-0.2, -0.15) is 0 Å². The Hall–Kier alpha value is -1.10. The molecule has 0 aliphatic carbocycles. The third-order valence-electron chi connectivity index (χ3n) is 3.31. The zero-order chi connectivity index (χ0) is 13.2. The van der Waals surface area contributed by atoms with E-state index in [1.54, 1.807) is 7.11 Å². The Morgan fingerprint density at radius 3 is 2.50 bits per heavy atom. The van der Waals surface area contributed by atoms with E-state index in [0.29, 0.717) is 25.7 Å². The van der Waals surface area contributed by atoms with Crippen LogP contribution in [0.25, 0.3) is 0 Å². The number of hydrogen-bond acceptors (Lipinski definition) is 4. The van der Waals surface area contributed by atoms with E-state index in [4.69, 9.17) is 19.9 Å². The highest BCUT2D eigenvalue weighted by molar-refractivity contribution is 5.41. The van der Waals surface area contributed by atoms with Crippen LogP contribution in [0.2, 0.25) is 0 Å².